The fraction of sp³-hybridized carbons (Fsp3) is 0.421. The number of carbonyl (C=O) groups is 1. The van der Waals surface area contributed by atoms with Gasteiger partial charge in [-0.05, 0) is 42.0 Å². The second-order valence-corrected chi connectivity index (χ2v) is 7.85. The van der Waals surface area contributed by atoms with Crippen LogP contribution < -0.4 is 10.2 Å². The number of hydrogen-bond acceptors (Lipinski definition) is 2. The third kappa shape index (κ3) is 3.37. The van der Waals surface area contributed by atoms with E-state index < -0.39 is 0 Å². The van der Waals surface area contributed by atoms with Gasteiger partial charge in [-0.15, -0.1) is 11.3 Å². The van der Waals surface area contributed by atoms with Crippen LogP contribution in [0, 0.1) is 11.7 Å². The van der Waals surface area contributed by atoms with E-state index in [4.69, 9.17) is 0 Å². The van der Waals surface area contributed by atoms with Gasteiger partial charge >= 0.3 is 0 Å². The molecule has 4 rings (SSSR count). The molecule has 1 aliphatic carbocycles. The van der Waals surface area contributed by atoms with Gasteiger partial charge in [0.25, 0.3) is 5.91 Å². The Morgan fingerprint density at radius 1 is 1.25 bits per heavy atom. The molecule has 2 atom stereocenters. The summed E-state index contributed by atoms with van der Waals surface area (Å²) >= 11 is 1.86. The molecular weight excluding hydrogens is 323 g/mol. The van der Waals surface area contributed by atoms with Crippen LogP contribution in [0.5, 0.6) is 0 Å². The summed E-state index contributed by atoms with van der Waals surface area (Å²) in [6, 6.07) is 9.05. The monoisotopic (exact) mass is 345 g/mol. The van der Waals surface area contributed by atoms with Crippen LogP contribution in [0.3, 0.4) is 0 Å². The Hall–Kier alpha value is -1.72. The topological polar surface area (TPSA) is 33.5 Å². The summed E-state index contributed by atoms with van der Waals surface area (Å²) in [5, 5.41) is 5.18. The van der Waals surface area contributed by atoms with Crippen LogP contribution in [0.1, 0.15) is 34.9 Å². The molecule has 1 fully saturated rings. The Morgan fingerprint density at radius 3 is 2.79 bits per heavy atom. The molecule has 1 unspecified atom stereocenters. The normalized spacial score (nSPS) is 22.9. The van der Waals surface area contributed by atoms with Crippen LogP contribution in [0.15, 0.2) is 35.7 Å². The van der Waals surface area contributed by atoms with Gasteiger partial charge in [0.05, 0.1) is 6.54 Å². The van der Waals surface area contributed by atoms with Crippen molar-refractivity contribution in [3.63, 3.8) is 0 Å². The summed E-state index contributed by atoms with van der Waals surface area (Å²) in [7, 11) is 0. The summed E-state index contributed by atoms with van der Waals surface area (Å²) in [5.41, 5.74) is 2.41. The maximum absolute atomic E-state index is 12.9. The molecule has 2 aliphatic rings. The molecule has 0 saturated heterocycles. The molecule has 1 saturated carbocycles. The largest absolute Gasteiger partial charge is 0.347 e. The third-order valence-electron chi connectivity index (χ3n) is 5.11. The van der Waals surface area contributed by atoms with E-state index in [1.54, 1.807) is 12.1 Å². The average molecular weight is 345 g/mol. The minimum atomic E-state index is -0.248. The number of hydrogen-bond donors (Lipinski definition) is 2. The lowest BCUT2D eigenvalue weighted by atomic mass is 9.96. The van der Waals surface area contributed by atoms with Crippen molar-refractivity contribution in [2.24, 2.45) is 5.92 Å². The van der Waals surface area contributed by atoms with Crippen molar-refractivity contribution in [1.29, 1.82) is 0 Å². The van der Waals surface area contributed by atoms with Crippen molar-refractivity contribution < 1.29 is 14.1 Å². The molecule has 1 aliphatic heterocycles. The number of thiophene rings is 1. The quantitative estimate of drug-likeness (QED) is 0.855. The van der Waals surface area contributed by atoms with E-state index in [2.05, 4.69) is 16.8 Å². The molecule has 1 amide bonds. The minimum absolute atomic E-state index is 0.0821. The maximum atomic E-state index is 12.9. The Morgan fingerprint density at radius 2 is 2.04 bits per heavy atom. The van der Waals surface area contributed by atoms with Gasteiger partial charge in [-0.3, -0.25) is 4.79 Å². The number of rotatable bonds is 5. The fourth-order valence-corrected chi connectivity index (χ4v) is 4.70. The molecule has 0 spiro atoms. The summed E-state index contributed by atoms with van der Waals surface area (Å²) in [6.45, 7) is 2.03. The third-order valence-corrected chi connectivity index (χ3v) is 6.11. The lowest BCUT2D eigenvalue weighted by Gasteiger charge is -2.32. The second kappa shape index (κ2) is 6.65. The highest BCUT2D eigenvalue weighted by Gasteiger charge is 2.43. The molecule has 126 valence electrons. The first kappa shape index (κ1) is 15.8. The van der Waals surface area contributed by atoms with Crippen LogP contribution in [0.2, 0.25) is 0 Å². The summed E-state index contributed by atoms with van der Waals surface area (Å²) in [4.78, 5) is 15.3. The molecular formula is C19H22FN2OS+. The number of halogens is 1. The zero-order valence-corrected chi connectivity index (χ0v) is 14.4. The van der Waals surface area contributed by atoms with Crippen molar-refractivity contribution in [2.75, 3.05) is 13.1 Å². The standard InChI is InChI=1S/C19H21FN2OS/c20-15-5-1-13(2-6-15)11-21-18(23)12-22-9-7-17-16(8-10-24-17)19(22)14-3-4-14/h1-2,5-6,8,10,14,19H,3-4,7,9,11-12H2,(H,21,23)/p+1/t19-/m1/s1. The fourth-order valence-electron chi connectivity index (χ4n) is 3.77. The highest BCUT2D eigenvalue weighted by Crippen LogP contribution is 2.42. The van der Waals surface area contributed by atoms with Gasteiger partial charge in [0.1, 0.15) is 11.9 Å². The Balaban J connectivity index is 1.37. The van der Waals surface area contributed by atoms with E-state index in [0.717, 1.165) is 24.4 Å². The van der Waals surface area contributed by atoms with E-state index in [-0.39, 0.29) is 11.7 Å². The van der Waals surface area contributed by atoms with Gasteiger partial charge < -0.3 is 10.2 Å². The predicted octanol–water partition coefficient (Wildman–Crippen LogP) is 2.10. The Labute approximate surface area is 145 Å². The molecule has 1 aromatic heterocycles. The molecule has 2 aromatic rings. The van der Waals surface area contributed by atoms with Crippen molar-refractivity contribution >= 4 is 17.2 Å². The van der Waals surface area contributed by atoms with E-state index in [1.165, 1.54) is 40.3 Å². The highest BCUT2D eigenvalue weighted by molar-refractivity contribution is 7.10. The highest BCUT2D eigenvalue weighted by atomic mass is 32.1. The van der Waals surface area contributed by atoms with E-state index in [1.807, 2.05) is 11.3 Å². The number of carbonyl (C=O) groups excluding carboxylic acids is 1. The van der Waals surface area contributed by atoms with Gasteiger partial charge in [-0.25, -0.2) is 4.39 Å². The van der Waals surface area contributed by atoms with Crippen molar-refractivity contribution in [3.05, 3.63) is 57.5 Å². The van der Waals surface area contributed by atoms with Crippen LogP contribution in [-0.2, 0) is 17.8 Å². The van der Waals surface area contributed by atoms with E-state index in [0.29, 0.717) is 19.1 Å². The zero-order chi connectivity index (χ0) is 16.5. The van der Waals surface area contributed by atoms with Crippen molar-refractivity contribution in [3.8, 4) is 0 Å². The molecule has 5 heteroatoms. The number of nitrogens with one attached hydrogen (secondary N) is 2. The molecule has 1 aromatic carbocycles. The van der Waals surface area contributed by atoms with Crippen LogP contribution in [-0.4, -0.2) is 19.0 Å². The number of fused-ring (bicyclic) bond motifs is 1. The molecule has 0 bridgehead atoms. The molecule has 2 heterocycles. The van der Waals surface area contributed by atoms with Crippen molar-refractivity contribution in [2.45, 2.75) is 31.8 Å². The molecule has 24 heavy (non-hydrogen) atoms. The van der Waals surface area contributed by atoms with E-state index in [9.17, 15) is 9.18 Å². The first-order chi connectivity index (χ1) is 11.7. The summed E-state index contributed by atoms with van der Waals surface area (Å²) in [6.07, 6.45) is 3.66. The minimum Gasteiger partial charge on any atom is -0.347 e. The first-order valence-electron chi connectivity index (χ1n) is 8.62. The van der Waals surface area contributed by atoms with E-state index >= 15 is 0 Å². The van der Waals surface area contributed by atoms with Gasteiger partial charge in [0, 0.05) is 29.3 Å². The van der Waals surface area contributed by atoms with Crippen molar-refractivity contribution in [1.82, 2.24) is 5.32 Å². The summed E-state index contributed by atoms with van der Waals surface area (Å²) < 4.78 is 12.9. The molecule has 3 nitrogen and oxygen atoms in total. The average Bonchev–Trinajstić information content (AvgIpc) is 3.30. The maximum Gasteiger partial charge on any atom is 0.275 e. The van der Waals surface area contributed by atoms with Crippen LogP contribution >= 0.6 is 11.3 Å². The predicted molar refractivity (Wildman–Crippen MR) is 92.4 cm³/mol. The SMILES string of the molecule is O=C(C[NH+]1CCc2sccc2[C@H]1C1CC1)NCc1ccc(F)cc1. The van der Waals surface area contributed by atoms with Gasteiger partial charge in [0.2, 0.25) is 0 Å². The summed E-state index contributed by atoms with van der Waals surface area (Å²) in [5.74, 6) is 0.582. The first-order valence-corrected chi connectivity index (χ1v) is 9.50. The van der Waals surface area contributed by atoms with Gasteiger partial charge in [-0.2, -0.15) is 0 Å². The smallest absolute Gasteiger partial charge is 0.275 e. The number of benzene rings is 1. The molecule has 2 N–H and O–H groups in total. The molecule has 0 radical (unpaired) electrons. The van der Waals surface area contributed by atoms with Crippen LogP contribution in [0.4, 0.5) is 4.39 Å². The van der Waals surface area contributed by atoms with Crippen LogP contribution in [0.25, 0.3) is 0 Å². The van der Waals surface area contributed by atoms with Gasteiger partial charge in [0.15, 0.2) is 6.54 Å². The Kier molecular flexibility index (Phi) is 4.37. The van der Waals surface area contributed by atoms with Gasteiger partial charge in [-0.1, -0.05) is 12.1 Å². The zero-order valence-electron chi connectivity index (χ0n) is 13.6. The number of amides is 1. The lowest BCUT2D eigenvalue weighted by molar-refractivity contribution is -0.928. The Bertz CT molecular complexity index is 723. The second-order valence-electron chi connectivity index (χ2n) is 6.85. The lowest BCUT2D eigenvalue weighted by Crippen LogP contribution is -3.14. The number of quaternary nitrogens is 1.